The lowest BCUT2D eigenvalue weighted by molar-refractivity contribution is 0.591. The monoisotopic (exact) mass is 434 g/mol. The highest BCUT2D eigenvalue weighted by Crippen LogP contribution is 2.34. The molecule has 4 nitrogen and oxygen atoms in total. The lowest BCUT2D eigenvalue weighted by atomic mass is 10.1. The Balaban J connectivity index is 1.92. The summed E-state index contributed by atoms with van der Waals surface area (Å²) in [4.78, 5) is 7.41. The van der Waals surface area contributed by atoms with Gasteiger partial charge in [-0.05, 0) is 35.7 Å². The SMILES string of the molecule is O=S(=O)(c1nc(-c2ccc(Cl)cc2)c(-c2ccc(Cl)cc2)[nH]1)c1cccs1. The van der Waals surface area contributed by atoms with Crippen molar-refractivity contribution in [3.8, 4) is 22.5 Å². The van der Waals surface area contributed by atoms with Gasteiger partial charge in [-0.15, -0.1) is 11.3 Å². The number of hydrogen-bond acceptors (Lipinski definition) is 4. The molecule has 4 rings (SSSR count). The van der Waals surface area contributed by atoms with E-state index >= 15 is 0 Å². The maximum absolute atomic E-state index is 12.9. The van der Waals surface area contributed by atoms with Gasteiger partial charge in [0.05, 0.1) is 11.4 Å². The number of halogens is 2. The third-order valence-corrected chi connectivity index (χ3v) is 7.43. The fourth-order valence-electron chi connectivity index (χ4n) is 2.63. The van der Waals surface area contributed by atoms with Crippen LogP contribution in [0.15, 0.2) is 75.4 Å². The summed E-state index contributed by atoms with van der Waals surface area (Å²) in [6, 6.07) is 17.5. The Kier molecular flexibility index (Phi) is 4.82. The molecule has 0 aliphatic carbocycles. The standard InChI is InChI=1S/C19H12Cl2N2O2S2/c20-14-7-3-12(4-8-14)17-18(13-5-9-15(21)10-6-13)23-19(22-17)27(24,25)16-2-1-11-26-16/h1-11H,(H,22,23). The summed E-state index contributed by atoms with van der Waals surface area (Å²) >= 11 is 13.1. The molecule has 0 aliphatic rings. The number of rotatable bonds is 4. The van der Waals surface area contributed by atoms with Crippen molar-refractivity contribution in [3.63, 3.8) is 0 Å². The minimum Gasteiger partial charge on any atom is -0.328 e. The minimum atomic E-state index is -3.73. The van der Waals surface area contributed by atoms with Crippen LogP contribution in [0.5, 0.6) is 0 Å². The van der Waals surface area contributed by atoms with Gasteiger partial charge in [-0.1, -0.05) is 53.5 Å². The summed E-state index contributed by atoms with van der Waals surface area (Å²) in [6.07, 6.45) is 0. The van der Waals surface area contributed by atoms with Crippen LogP contribution in [0.25, 0.3) is 22.5 Å². The molecule has 8 heteroatoms. The fraction of sp³-hybridized carbons (Fsp3) is 0. The highest BCUT2D eigenvalue weighted by atomic mass is 35.5. The topological polar surface area (TPSA) is 62.8 Å². The van der Waals surface area contributed by atoms with Gasteiger partial charge in [0.25, 0.3) is 0 Å². The van der Waals surface area contributed by atoms with E-state index in [1.807, 2.05) is 12.1 Å². The van der Waals surface area contributed by atoms with Crippen LogP contribution in [0.2, 0.25) is 10.0 Å². The zero-order valence-electron chi connectivity index (χ0n) is 13.7. The summed E-state index contributed by atoms with van der Waals surface area (Å²) in [5.41, 5.74) is 2.67. The predicted molar refractivity (Wildman–Crippen MR) is 109 cm³/mol. The third kappa shape index (κ3) is 3.53. The summed E-state index contributed by atoms with van der Waals surface area (Å²) < 4.78 is 26.0. The van der Waals surface area contributed by atoms with Crippen molar-refractivity contribution in [2.45, 2.75) is 9.37 Å². The number of thiophene rings is 1. The molecule has 2 aromatic heterocycles. The van der Waals surface area contributed by atoms with Crippen LogP contribution in [0.1, 0.15) is 0 Å². The van der Waals surface area contributed by atoms with Crippen LogP contribution in [-0.4, -0.2) is 18.4 Å². The molecule has 0 bridgehead atoms. The number of nitrogens with one attached hydrogen (secondary N) is 1. The van der Waals surface area contributed by atoms with E-state index in [2.05, 4.69) is 9.97 Å². The fourth-order valence-corrected chi connectivity index (χ4v) is 5.14. The average Bonchev–Trinajstić information content (AvgIpc) is 3.34. The largest absolute Gasteiger partial charge is 0.328 e. The van der Waals surface area contributed by atoms with Crippen LogP contribution in [0.3, 0.4) is 0 Å². The van der Waals surface area contributed by atoms with Crippen molar-refractivity contribution >= 4 is 44.4 Å². The zero-order valence-corrected chi connectivity index (χ0v) is 16.8. The first-order valence-electron chi connectivity index (χ1n) is 7.85. The van der Waals surface area contributed by atoms with Crippen molar-refractivity contribution in [2.24, 2.45) is 0 Å². The number of sulfone groups is 1. The van der Waals surface area contributed by atoms with Crippen molar-refractivity contribution in [1.29, 1.82) is 0 Å². The molecule has 0 spiro atoms. The van der Waals surface area contributed by atoms with E-state index in [1.165, 1.54) is 0 Å². The molecule has 4 aromatic rings. The second-order valence-corrected chi connectivity index (χ2v) is 9.63. The molecule has 0 atom stereocenters. The van der Waals surface area contributed by atoms with E-state index < -0.39 is 9.84 Å². The minimum absolute atomic E-state index is 0.0974. The van der Waals surface area contributed by atoms with Crippen LogP contribution >= 0.6 is 34.5 Å². The van der Waals surface area contributed by atoms with E-state index in [4.69, 9.17) is 23.2 Å². The van der Waals surface area contributed by atoms with E-state index in [9.17, 15) is 8.42 Å². The normalized spacial score (nSPS) is 11.6. The van der Waals surface area contributed by atoms with E-state index in [1.54, 1.807) is 53.9 Å². The first kappa shape index (κ1) is 18.3. The molecule has 1 N–H and O–H groups in total. The van der Waals surface area contributed by atoms with Crippen molar-refractivity contribution < 1.29 is 8.42 Å². The molecule has 0 aliphatic heterocycles. The van der Waals surface area contributed by atoms with Gasteiger partial charge in [-0.2, -0.15) is 0 Å². The summed E-state index contributed by atoms with van der Waals surface area (Å²) in [7, 11) is -3.73. The first-order valence-corrected chi connectivity index (χ1v) is 11.0. The van der Waals surface area contributed by atoms with E-state index in [-0.39, 0.29) is 9.37 Å². The molecule has 0 amide bonds. The Labute approximate surface area is 170 Å². The Morgan fingerprint density at radius 1 is 0.852 bits per heavy atom. The molecule has 0 fully saturated rings. The van der Waals surface area contributed by atoms with Gasteiger partial charge in [0, 0.05) is 21.2 Å². The maximum atomic E-state index is 12.9. The van der Waals surface area contributed by atoms with Crippen LogP contribution in [0, 0.1) is 0 Å². The highest BCUT2D eigenvalue weighted by molar-refractivity contribution is 7.93. The summed E-state index contributed by atoms with van der Waals surface area (Å²) in [5, 5.41) is 2.81. The van der Waals surface area contributed by atoms with Gasteiger partial charge in [-0.3, -0.25) is 0 Å². The van der Waals surface area contributed by atoms with Crippen LogP contribution in [-0.2, 0) is 9.84 Å². The molecular formula is C19H12Cl2N2O2S2. The lowest BCUT2D eigenvalue weighted by Crippen LogP contribution is -2.02. The third-order valence-electron chi connectivity index (χ3n) is 3.95. The molecule has 0 saturated heterocycles. The smallest absolute Gasteiger partial charge is 0.249 e. The van der Waals surface area contributed by atoms with Crippen molar-refractivity contribution in [2.75, 3.05) is 0 Å². The van der Waals surface area contributed by atoms with Crippen LogP contribution < -0.4 is 0 Å². The number of nitrogens with zero attached hydrogens (tertiary/aromatic N) is 1. The maximum Gasteiger partial charge on any atom is 0.249 e. The first-order chi connectivity index (χ1) is 12.9. The molecule has 0 unspecified atom stereocenters. The van der Waals surface area contributed by atoms with Gasteiger partial charge < -0.3 is 4.98 Å². The molecule has 2 aromatic carbocycles. The second kappa shape index (κ2) is 7.13. The second-order valence-electron chi connectivity index (χ2n) is 5.71. The van der Waals surface area contributed by atoms with E-state index in [0.29, 0.717) is 21.4 Å². The van der Waals surface area contributed by atoms with Crippen molar-refractivity contribution in [1.82, 2.24) is 9.97 Å². The highest BCUT2D eigenvalue weighted by Gasteiger charge is 2.26. The van der Waals surface area contributed by atoms with Gasteiger partial charge in [0.1, 0.15) is 4.21 Å². The lowest BCUT2D eigenvalue weighted by Gasteiger charge is -2.03. The Hall–Kier alpha value is -2.12. The molecule has 0 radical (unpaired) electrons. The Morgan fingerprint density at radius 2 is 1.44 bits per heavy atom. The molecule has 136 valence electrons. The molecular weight excluding hydrogens is 423 g/mol. The predicted octanol–water partition coefficient (Wildman–Crippen LogP) is 5.94. The number of aromatic nitrogens is 2. The van der Waals surface area contributed by atoms with Gasteiger partial charge in [0.15, 0.2) is 0 Å². The number of hydrogen-bond donors (Lipinski definition) is 1. The van der Waals surface area contributed by atoms with Crippen LogP contribution in [0.4, 0.5) is 0 Å². The quantitative estimate of drug-likeness (QED) is 0.431. The van der Waals surface area contributed by atoms with E-state index in [0.717, 1.165) is 22.5 Å². The average molecular weight is 435 g/mol. The van der Waals surface area contributed by atoms with Crippen molar-refractivity contribution in [3.05, 3.63) is 76.1 Å². The van der Waals surface area contributed by atoms with Gasteiger partial charge in [-0.25, -0.2) is 13.4 Å². The summed E-state index contributed by atoms with van der Waals surface area (Å²) in [5.74, 6) is 0. The number of H-pyrrole nitrogens is 1. The Morgan fingerprint density at radius 3 is 2.00 bits per heavy atom. The number of aromatic amines is 1. The van der Waals surface area contributed by atoms with Gasteiger partial charge in [0.2, 0.25) is 15.0 Å². The van der Waals surface area contributed by atoms with Gasteiger partial charge >= 0.3 is 0 Å². The zero-order chi connectivity index (χ0) is 19.0. The Bertz CT molecular complexity index is 1120. The number of benzene rings is 2. The molecule has 0 saturated carbocycles. The summed E-state index contributed by atoms with van der Waals surface area (Å²) in [6.45, 7) is 0. The number of imidazole rings is 1. The molecule has 27 heavy (non-hydrogen) atoms. The molecule has 2 heterocycles.